The first-order valence-corrected chi connectivity index (χ1v) is 6.31. The number of carbonyl (C=O) groups is 1. The zero-order valence-electron chi connectivity index (χ0n) is 11.2. The lowest BCUT2D eigenvalue weighted by Gasteiger charge is -2.35. The Morgan fingerprint density at radius 1 is 1.53 bits per heavy atom. The number of amides is 1. The van der Waals surface area contributed by atoms with Crippen molar-refractivity contribution >= 4 is 5.91 Å². The highest BCUT2D eigenvalue weighted by Crippen LogP contribution is 2.14. The van der Waals surface area contributed by atoms with Gasteiger partial charge in [-0.3, -0.25) is 4.79 Å². The zero-order valence-corrected chi connectivity index (χ0v) is 11.2. The van der Waals surface area contributed by atoms with E-state index in [0.29, 0.717) is 31.7 Å². The average Bonchev–Trinajstić information content (AvgIpc) is 2.28. The van der Waals surface area contributed by atoms with E-state index in [1.54, 1.807) is 7.11 Å². The maximum absolute atomic E-state index is 11.7. The summed E-state index contributed by atoms with van der Waals surface area (Å²) in [7, 11) is 3.78. The van der Waals surface area contributed by atoms with Crippen molar-refractivity contribution in [2.24, 2.45) is 5.92 Å². The van der Waals surface area contributed by atoms with E-state index in [4.69, 9.17) is 4.74 Å². The number of hydrogen-bond acceptors (Lipinski definition) is 4. The van der Waals surface area contributed by atoms with Crippen LogP contribution in [-0.4, -0.2) is 63.8 Å². The summed E-state index contributed by atoms with van der Waals surface area (Å²) in [4.78, 5) is 14.0. The topological polar surface area (TPSA) is 53.6 Å². The smallest absolute Gasteiger partial charge is 0.234 e. The summed E-state index contributed by atoms with van der Waals surface area (Å²) < 4.78 is 4.90. The van der Waals surface area contributed by atoms with Gasteiger partial charge in [0.25, 0.3) is 0 Å². The van der Waals surface area contributed by atoms with E-state index in [1.807, 2.05) is 0 Å². The summed E-state index contributed by atoms with van der Waals surface area (Å²) in [5.74, 6) is 0.610. The largest absolute Gasteiger partial charge is 0.383 e. The molecule has 0 aromatic rings. The van der Waals surface area contributed by atoms with E-state index in [1.165, 1.54) is 0 Å². The van der Waals surface area contributed by atoms with Crippen molar-refractivity contribution in [3.05, 3.63) is 0 Å². The molecule has 0 aromatic carbocycles. The lowest BCUT2D eigenvalue weighted by molar-refractivity contribution is -0.121. The Morgan fingerprint density at radius 3 is 2.94 bits per heavy atom. The number of likely N-dealkylation sites (tertiary alicyclic amines) is 1. The molecule has 0 radical (unpaired) electrons. The van der Waals surface area contributed by atoms with E-state index in [2.05, 4.69) is 29.5 Å². The minimum absolute atomic E-state index is 0.0857. The molecule has 5 heteroatoms. The van der Waals surface area contributed by atoms with Crippen LogP contribution in [0.25, 0.3) is 0 Å². The molecule has 2 N–H and O–H groups in total. The highest BCUT2D eigenvalue weighted by atomic mass is 16.5. The van der Waals surface area contributed by atoms with Crippen LogP contribution in [0.4, 0.5) is 0 Å². The lowest BCUT2D eigenvalue weighted by Crippen LogP contribution is -2.50. The lowest BCUT2D eigenvalue weighted by atomic mass is 9.94. The van der Waals surface area contributed by atoms with Crippen molar-refractivity contribution in [3.63, 3.8) is 0 Å². The first-order valence-electron chi connectivity index (χ1n) is 6.31. The number of ether oxygens (including phenoxy) is 1. The van der Waals surface area contributed by atoms with Gasteiger partial charge >= 0.3 is 0 Å². The molecule has 1 saturated heterocycles. The molecule has 0 aliphatic carbocycles. The third kappa shape index (κ3) is 5.48. The molecular weight excluding hydrogens is 218 g/mol. The average molecular weight is 243 g/mol. The second kappa shape index (κ2) is 7.63. The number of piperidine rings is 1. The van der Waals surface area contributed by atoms with Crippen LogP contribution >= 0.6 is 0 Å². The van der Waals surface area contributed by atoms with Gasteiger partial charge < -0.3 is 20.3 Å². The highest BCUT2D eigenvalue weighted by Gasteiger charge is 2.25. The van der Waals surface area contributed by atoms with Gasteiger partial charge in [-0.15, -0.1) is 0 Å². The van der Waals surface area contributed by atoms with Crippen molar-refractivity contribution in [1.29, 1.82) is 0 Å². The fourth-order valence-corrected chi connectivity index (χ4v) is 2.20. The Morgan fingerprint density at radius 2 is 2.29 bits per heavy atom. The molecule has 0 spiro atoms. The molecule has 1 heterocycles. The summed E-state index contributed by atoms with van der Waals surface area (Å²) in [5.41, 5.74) is 0. The monoisotopic (exact) mass is 243 g/mol. The molecule has 2 atom stereocenters. The Balaban J connectivity index is 2.17. The van der Waals surface area contributed by atoms with Crippen molar-refractivity contribution in [2.45, 2.75) is 19.4 Å². The van der Waals surface area contributed by atoms with Crippen molar-refractivity contribution in [1.82, 2.24) is 15.5 Å². The maximum atomic E-state index is 11.7. The van der Waals surface area contributed by atoms with E-state index in [9.17, 15) is 4.79 Å². The maximum Gasteiger partial charge on any atom is 0.234 e. The molecule has 0 aromatic heterocycles. The second-order valence-electron chi connectivity index (χ2n) is 4.87. The second-order valence-corrected chi connectivity index (χ2v) is 4.87. The molecule has 1 aliphatic heterocycles. The minimum atomic E-state index is 0.0857. The van der Waals surface area contributed by atoms with Crippen LogP contribution in [0, 0.1) is 5.92 Å². The molecule has 1 amide bonds. The SMILES string of the molecule is COCCNCC(=O)NC1CCN(C)CC1C. The summed E-state index contributed by atoms with van der Waals surface area (Å²) in [6.07, 6.45) is 1.04. The zero-order chi connectivity index (χ0) is 12.7. The van der Waals surface area contributed by atoms with Crippen LogP contribution in [0.1, 0.15) is 13.3 Å². The molecule has 100 valence electrons. The van der Waals surface area contributed by atoms with Crippen LogP contribution in [0.5, 0.6) is 0 Å². The van der Waals surface area contributed by atoms with Gasteiger partial charge in [-0.05, 0) is 25.9 Å². The first-order chi connectivity index (χ1) is 8.13. The number of hydrogen-bond donors (Lipinski definition) is 2. The Labute approximate surface area is 104 Å². The van der Waals surface area contributed by atoms with Crippen LogP contribution < -0.4 is 10.6 Å². The third-order valence-electron chi connectivity index (χ3n) is 3.22. The number of carbonyl (C=O) groups excluding carboxylic acids is 1. The Kier molecular flexibility index (Phi) is 6.47. The van der Waals surface area contributed by atoms with Gasteiger partial charge in [0.1, 0.15) is 0 Å². The predicted molar refractivity (Wildman–Crippen MR) is 68.0 cm³/mol. The van der Waals surface area contributed by atoms with Gasteiger partial charge in [-0.25, -0.2) is 0 Å². The number of methoxy groups -OCH3 is 1. The summed E-state index contributed by atoms with van der Waals surface area (Å²) >= 11 is 0. The van der Waals surface area contributed by atoms with Crippen LogP contribution in [0.15, 0.2) is 0 Å². The first kappa shape index (κ1) is 14.4. The molecular formula is C12H25N3O2. The van der Waals surface area contributed by atoms with E-state index < -0.39 is 0 Å². The number of rotatable bonds is 6. The van der Waals surface area contributed by atoms with Gasteiger partial charge in [-0.2, -0.15) is 0 Å². The fraction of sp³-hybridized carbons (Fsp3) is 0.917. The molecule has 0 saturated carbocycles. The molecule has 1 aliphatic rings. The third-order valence-corrected chi connectivity index (χ3v) is 3.22. The number of nitrogens with zero attached hydrogens (tertiary/aromatic N) is 1. The van der Waals surface area contributed by atoms with Gasteiger partial charge in [0, 0.05) is 26.2 Å². The normalized spacial score (nSPS) is 25.8. The fourth-order valence-electron chi connectivity index (χ4n) is 2.20. The molecule has 0 bridgehead atoms. The van der Waals surface area contributed by atoms with Crippen LogP contribution in [-0.2, 0) is 9.53 Å². The summed E-state index contributed by atoms with van der Waals surface area (Å²) in [5, 5.41) is 6.15. The molecule has 2 unspecified atom stereocenters. The quantitative estimate of drug-likeness (QED) is 0.628. The van der Waals surface area contributed by atoms with Crippen LogP contribution in [0.3, 0.4) is 0 Å². The molecule has 1 fully saturated rings. The van der Waals surface area contributed by atoms with Gasteiger partial charge in [0.15, 0.2) is 0 Å². The standard InChI is InChI=1S/C12H25N3O2/c1-10-9-15(2)6-4-11(10)14-12(16)8-13-5-7-17-3/h10-11,13H,4-9H2,1-3H3,(H,14,16). The summed E-state index contributed by atoms with van der Waals surface area (Å²) in [6.45, 7) is 6.04. The molecule has 1 rings (SSSR count). The Hall–Kier alpha value is -0.650. The highest BCUT2D eigenvalue weighted by molar-refractivity contribution is 5.78. The van der Waals surface area contributed by atoms with Gasteiger partial charge in [0.2, 0.25) is 5.91 Å². The van der Waals surface area contributed by atoms with Crippen molar-refractivity contribution in [3.8, 4) is 0 Å². The van der Waals surface area contributed by atoms with Gasteiger partial charge in [0.05, 0.1) is 13.2 Å². The van der Waals surface area contributed by atoms with Gasteiger partial charge in [-0.1, -0.05) is 6.92 Å². The molecule has 5 nitrogen and oxygen atoms in total. The number of nitrogens with one attached hydrogen (secondary N) is 2. The van der Waals surface area contributed by atoms with Crippen LogP contribution in [0.2, 0.25) is 0 Å². The Bertz CT molecular complexity index is 236. The summed E-state index contributed by atoms with van der Waals surface area (Å²) in [6, 6.07) is 0.322. The van der Waals surface area contributed by atoms with E-state index in [0.717, 1.165) is 19.5 Å². The minimum Gasteiger partial charge on any atom is -0.383 e. The van der Waals surface area contributed by atoms with Crippen molar-refractivity contribution in [2.75, 3.05) is 46.9 Å². The molecule has 17 heavy (non-hydrogen) atoms. The van der Waals surface area contributed by atoms with Crippen molar-refractivity contribution < 1.29 is 9.53 Å². The van der Waals surface area contributed by atoms with E-state index in [-0.39, 0.29) is 5.91 Å². The van der Waals surface area contributed by atoms with E-state index >= 15 is 0 Å². The predicted octanol–water partition coefficient (Wildman–Crippen LogP) is -0.321.